The van der Waals surface area contributed by atoms with Crippen molar-refractivity contribution in [3.8, 4) is 0 Å². The molecule has 0 heterocycles. The number of carbonyl (C=O) groups is 1. The van der Waals surface area contributed by atoms with Crippen LogP contribution in [0, 0.1) is 0 Å². The first kappa shape index (κ1) is 15.3. The quantitative estimate of drug-likeness (QED) is 0.828. The summed E-state index contributed by atoms with van der Waals surface area (Å²) in [6, 6.07) is 19.7. The van der Waals surface area contributed by atoms with E-state index >= 15 is 0 Å². The van der Waals surface area contributed by atoms with E-state index in [2.05, 4.69) is 6.92 Å². The van der Waals surface area contributed by atoms with Crippen molar-refractivity contribution in [1.29, 1.82) is 0 Å². The Morgan fingerprint density at radius 1 is 1.00 bits per heavy atom. The predicted molar refractivity (Wildman–Crippen MR) is 83.7 cm³/mol. The van der Waals surface area contributed by atoms with Gasteiger partial charge in [-0.3, -0.25) is 4.79 Å². The van der Waals surface area contributed by atoms with Crippen molar-refractivity contribution in [2.24, 2.45) is 5.73 Å². The molecule has 0 fully saturated rings. The van der Waals surface area contributed by atoms with Crippen LogP contribution in [-0.2, 0) is 15.1 Å². The highest BCUT2D eigenvalue weighted by Crippen LogP contribution is 2.38. The summed E-state index contributed by atoms with van der Waals surface area (Å²) >= 11 is 0. The third-order valence-corrected chi connectivity index (χ3v) is 3.54. The van der Waals surface area contributed by atoms with Gasteiger partial charge in [-0.05, 0) is 6.42 Å². The summed E-state index contributed by atoms with van der Waals surface area (Å²) in [6.45, 7) is 1.96. The standard InChI is InChI=1S/C18H21NO2/c1-2-13-18(21-17(20)14-19,15-9-5-3-6-10-15)16-11-7-4-8-12-16/h3-12H,2,13-14,19H2,1H3. The number of hydrogen-bond donors (Lipinski definition) is 1. The normalized spacial score (nSPS) is 11.1. The van der Waals surface area contributed by atoms with Crippen LogP contribution < -0.4 is 5.73 Å². The largest absolute Gasteiger partial charge is 0.448 e. The average molecular weight is 283 g/mol. The maximum Gasteiger partial charge on any atom is 0.320 e. The summed E-state index contributed by atoms with van der Waals surface area (Å²) in [5.41, 5.74) is 6.63. The lowest BCUT2D eigenvalue weighted by Gasteiger charge is -2.34. The van der Waals surface area contributed by atoms with Gasteiger partial charge >= 0.3 is 5.97 Å². The van der Waals surface area contributed by atoms with Crippen molar-refractivity contribution < 1.29 is 9.53 Å². The molecule has 0 aliphatic heterocycles. The van der Waals surface area contributed by atoms with Crippen LogP contribution in [0.15, 0.2) is 60.7 Å². The first-order valence-corrected chi connectivity index (χ1v) is 7.26. The van der Waals surface area contributed by atoms with Gasteiger partial charge in [0.1, 0.15) is 0 Å². The molecular formula is C18H21NO2. The minimum Gasteiger partial charge on any atom is -0.448 e. The minimum absolute atomic E-state index is 0.120. The zero-order valence-corrected chi connectivity index (χ0v) is 12.3. The number of benzene rings is 2. The van der Waals surface area contributed by atoms with Gasteiger partial charge in [-0.1, -0.05) is 74.0 Å². The molecule has 2 N–H and O–H groups in total. The van der Waals surface area contributed by atoms with E-state index < -0.39 is 11.6 Å². The zero-order chi connectivity index (χ0) is 15.1. The average Bonchev–Trinajstić information content (AvgIpc) is 2.56. The Bertz CT molecular complexity index is 527. The Labute approximate surface area is 125 Å². The summed E-state index contributed by atoms with van der Waals surface area (Å²) in [6.07, 6.45) is 1.61. The van der Waals surface area contributed by atoms with Crippen LogP contribution in [0.3, 0.4) is 0 Å². The van der Waals surface area contributed by atoms with Crippen molar-refractivity contribution in [2.45, 2.75) is 25.4 Å². The minimum atomic E-state index is -0.770. The van der Waals surface area contributed by atoms with E-state index in [0.717, 1.165) is 17.5 Å². The number of esters is 1. The second kappa shape index (κ2) is 7.04. The molecule has 2 rings (SSSR count). The van der Waals surface area contributed by atoms with Gasteiger partial charge in [0.25, 0.3) is 0 Å². The highest BCUT2D eigenvalue weighted by molar-refractivity contribution is 5.72. The maximum absolute atomic E-state index is 11.9. The zero-order valence-electron chi connectivity index (χ0n) is 12.3. The van der Waals surface area contributed by atoms with E-state index in [0.29, 0.717) is 6.42 Å². The molecule has 3 nitrogen and oxygen atoms in total. The number of nitrogens with two attached hydrogens (primary N) is 1. The third kappa shape index (κ3) is 3.31. The van der Waals surface area contributed by atoms with Crippen LogP contribution in [0.5, 0.6) is 0 Å². The molecule has 0 bridgehead atoms. The molecule has 0 radical (unpaired) electrons. The summed E-state index contributed by atoms with van der Waals surface area (Å²) < 4.78 is 5.84. The molecule has 0 saturated heterocycles. The van der Waals surface area contributed by atoms with Gasteiger partial charge in [-0.2, -0.15) is 0 Å². The Morgan fingerprint density at radius 3 is 1.86 bits per heavy atom. The van der Waals surface area contributed by atoms with E-state index in [1.807, 2.05) is 60.7 Å². The van der Waals surface area contributed by atoms with Crippen LogP contribution >= 0.6 is 0 Å². The number of rotatable bonds is 6. The lowest BCUT2D eigenvalue weighted by molar-refractivity contribution is -0.155. The van der Waals surface area contributed by atoms with Crippen LogP contribution in [0.25, 0.3) is 0 Å². The maximum atomic E-state index is 11.9. The van der Waals surface area contributed by atoms with Gasteiger partial charge in [0, 0.05) is 11.1 Å². The molecule has 21 heavy (non-hydrogen) atoms. The van der Waals surface area contributed by atoms with Gasteiger partial charge in [-0.25, -0.2) is 0 Å². The Kier molecular flexibility index (Phi) is 5.12. The molecule has 0 saturated carbocycles. The van der Waals surface area contributed by atoms with Crippen molar-refractivity contribution in [3.63, 3.8) is 0 Å². The fourth-order valence-electron chi connectivity index (χ4n) is 2.63. The molecule has 2 aromatic carbocycles. The molecule has 0 spiro atoms. The van der Waals surface area contributed by atoms with Crippen LogP contribution in [0.1, 0.15) is 30.9 Å². The Hall–Kier alpha value is -2.13. The van der Waals surface area contributed by atoms with Crippen molar-refractivity contribution in [2.75, 3.05) is 6.54 Å². The molecule has 0 aliphatic carbocycles. The predicted octanol–water partition coefficient (Wildman–Crippen LogP) is 3.23. The van der Waals surface area contributed by atoms with Crippen LogP contribution in [0.4, 0.5) is 0 Å². The monoisotopic (exact) mass is 283 g/mol. The summed E-state index contributed by atoms with van der Waals surface area (Å²) in [5, 5.41) is 0. The lowest BCUT2D eigenvalue weighted by Crippen LogP contribution is -2.36. The van der Waals surface area contributed by atoms with Crippen molar-refractivity contribution in [3.05, 3.63) is 71.8 Å². The molecule has 110 valence electrons. The van der Waals surface area contributed by atoms with Gasteiger partial charge in [0.2, 0.25) is 0 Å². The number of carbonyl (C=O) groups excluding carboxylic acids is 1. The fourth-order valence-corrected chi connectivity index (χ4v) is 2.63. The van der Waals surface area contributed by atoms with Crippen molar-refractivity contribution in [1.82, 2.24) is 0 Å². The summed E-state index contributed by atoms with van der Waals surface area (Å²) in [7, 11) is 0. The lowest BCUT2D eigenvalue weighted by atomic mass is 9.82. The second-order valence-electron chi connectivity index (χ2n) is 4.99. The molecule has 0 aliphatic rings. The van der Waals surface area contributed by atoms with Crippen LogP contribution in [0.2, 0.25) is 0 Å². The van der Waals surface area contributed by atoms with E-state index in [1.165, 1.54) is 0 Å². The molecule has 0 aromatic heterocycles. The van der Waals surface area contributed by atoms with Gasteiger partial charge in [-0.15, -0.1) is 0 Å². The fraction of sp³-hybridized carbons (Fsp3) is 0.278. The molecule has 0 unspecified atom stereocenters. The molecule has 0 atom stereocenters. The van der Waals surface area contributed by atoms with E-state index in [4.69, 9.17) is 10.5 Å². The van der Waals surface area contributed by atoms with E-state index in [-0.39, 0.29) is 6.54 Å². The second-order valence-corrected chi connectivity index (χ2v) is 4.99. The topological polar surface area (TPSA) is 52.3 Å². The van der Waals surface area contributed by atoms with Crippen LogP contribution in [-0.4, -0.2) is 12.5 Å². The van der Waals surface area contributed by atoms with Crippen molar-refractivity contribution >= 4 is 5.97 Å². The Morgan fingerprint density at radius 2 is 1.48 bits per heavy atom. The molecular weight excluding hydrogens is 262 g/mol. The van der Waals surface area contributed by atoms with E-state index in [1.54, 1.807) is 0 Å². The highest BCUT2D eigenvalue weighted by atomic mass is 16.6. The SMILES string of the molecule is CCCC(OC(=O)CN)(c1ccccc1)c1ccccc1. The number of ether oxygens (including phenoxy) is 1. The molecule has 3 heteroatoms. The first-order chi connectivity index (χ1) is 10.2. The smallest absolute Gasteiger partial charge is 0.320 e. The highest BCUT2D eigenvalue weighted by Gasteiger charge is 2.37. The Balaban J connectivity index is 2.57. The third-order valence-electron chi connectivity index (χ3n) is 3.54. The van der Waals surface area contributed by atoms with Gasteiger partial charge < -0.3 is 10.5 Å². The first-order valence-electron chi connectivity index (χ1n) is 7.26. The summed E-state index contributed by atoms with van der Waals surface area (Å²) in [5.74, 6) is -0.392. The summed E-state index contributed by atoms with van der Waals surface area (Å²) in [4.78, 5) is 11.9. The molecule has 0 amide bonds. The van der Waals surface area contributed by atoms with Gasteiger partial charge in [0.15, 0.2) is 5.60 Å². The van der Waals surface area contributed by atoms with Gasteiger partial charge in [0.05, 0.1) is 6.54 Å². The van der Waals surface area contributed by atoms with E-state index in [9.17, 15) is 4.79 Å². The molecule has 2 aromatic rings. The number of hydrogen-bond acceptors (Lipinski definition) is 3.